The molecule has 2 heterocycles. The highest BCUT2D eigenvalue weighted by atomic mass is 35.5. The van der Waals surface area contributed by atoms with Gasteiger partial charge in [-0.25, -0.2) is 4.79 Å². The smallest absolute Gasteiger partial charge is 0.410 e. The number of amides is 1. The summed E-state index contributed by atoms with van der Waals surface area (Å²) < 4.78 is 5.38. The van der Waals surface area contributed by atoms with Gasteiger partial charge in [-0.3, -0.25) is 4.98 Å². The molecule has 5 heteroatoms. The molecular weight excluding hydrogens is 288 g/mol. The Balaban J connectivity index is 2.07. The molecule has 4 nitrogen and oxygen atoms in total. The van der Waals surface area contributed by atoms with Crippen molar-refractivity contribution in [3.8, 4) is 0 Å². The van der Waals surface area contributed by atoms with Crippen molar-refractivity contribution in [2.75, 3.05) is 13.1 Å². The fraction of sp³-hybridized carbons (Fsp3) is 0.500. The maximum Gasteiger partial charge on any atom is 0.410 e. The van der Waals surface area contributed by atoms with Crippen LogP contribution in [0.15, 0.2) is 18.3 Å². The van der Waals surface area contributed by atoms with E-state index in [1.165, 1.54) is 0 Å². The topological polar surface area (TPSA) is 42.4 Å². The molecule has 0 bridgehead atoms. The van der Waals surface area contributed by atoms with Crippen LogP contribution in [0.3, 0.4) is 0 Å². The number of hydrogen-bond acceptors (Lipinski definition) is 3. The summed E-state index contributed by atoms with van der Waals surface area (Å²) in [7, 11) is 0. The Hall–Kier alpha value is -1.55. The normalized spacial score (nSPS) is 15.7. The third-order valence-electron chi connectivity index (χ3n) is 3.21. The Labute approximate surface area is 130 Å². The van der Waals surface area contributed by atoms with Crippen molar-refractivity contribution in [1.82, 2.24) is 9.88 Å². The molecule has 0 saturated heterocycles. The van der Waals surface area contributed by atoms with Gasteiger partial charge in [0.25, 0.3) is 0 Å². The Bertz CT molecular complexity index is 576. The molecule has 1 aliphatic rings. The van der Waals surface area contributed by atoms with Crippen LogP contribution in [0.4, 0.5) is 4.79 Å². The third kappa shape index (κ3) is 4.21. The quantitative estimate of drug-likeness (QED) is 0.785. The van der Waals surface area contributed by atoms with Crippen LogP contribution in [0.25, 0.3) is 5.57 Å². The summed E-state index contributed by atoms with van der Waals surface area (Å²) in [6, 6.07) is 1.91. The number of pyridine rings is 1. The molecule has 0 atom stereocenters. The largest absolute Gasteiger partial charge is 0.444 e. The van der Waals surface area contributed by atoms with Gasteiger partial charge in [-0.1, -0.05) is 17.7 Å². The summed E-state index contributed by atoms with van der Waals surface area (Å²) in [6.45, 7) is 8.80. The first kappa shape index (κ1) is 15.8. The molecule has 2 rings (SSSR count). The van der Waals surface area contributed by atoms with Crippen molar-refractivity contribution >= 4 is 23.3 Å². The summed E-state index contributed by atoms with van der Waals surface area (Å²) in [5.41, 5.74) is 2.71. The molecule has 0 fully saturated rings. The van der Waals surface area contributed by atoms with Crippen molar-refractivity contribution in [2.24, 2.45) is 0 Å². The SMILES string of the molecule is Cc1cc(Cl)cnc1C1=CCN(C(=O)OC(C)(C)C)CC1. The fourth-order valence-electron chi connectivity index (χ4n) is 2.25. The van der Waals surface area contributed by atoms with E-state index in [0.717, 1.165) is 23.3 Å². The minimum absolute atomic E-state index is 0.265. The van der Waals surface area contributed by atoms with E-state index < -0.39 is 5.60 Å². The lowest BCUT2D eigenvalue weighted by Crippen LogP contribution is -2.39. The first-order valence-electron chi connectivity index (χ1n) is 7.06. The molecule has 0 spiro atoms. The minimum atomic E-state index is -0.463. The van der Waals surface area contributed by atoms with Gasteiger partial charge in [0.2, 0.25) is 0 Å². The zero-order chi connectivity index (χ0) is 15.6. The van der Waals surface area contributed by atoms with E-state index in [2.05, 4.69) is 4.98 Å². The molecule has 1 aromatic rings. The highest BCUT2D eigenvalue weighted by Crippen LogP contribution is 2.25. The van der Waals surface area contributed by atoms with Gasteiger partial charge in [0.05, 0.1) is 10.7 Å². The van der Waals surface area contributed by atoms with Gasteiger partial charge in [0, 0.05) is 19.3 Å². The van der Waals surface area contributed by atoms with Gasteiger partial charge < -0.3 is 9.64 Å². The lowest BCUT2D eigenvalue weighted by atomic mass is 10.0. The van der Waals surface area contributed by atoms with Gasteiger partial charge in [-0.05, 0) is 51.3 Å². The number of nitrogens with zero attached hydrogens (tertiary/aromatic N) is 2. The summed E-state index contributed by atoms with van der Waals surface area (Å²) >= 11 is 5.93. The molecule has 1 aromatic heterocycles. The van der Waals surface area contributed by atoms with Crippen molar-refractivity contribution in [2.45, 2.75) is 39.7 Å². The summed E-state index contributed by atoms with van der Waals surface area (Å²) in [5, 5.41) is 0.642. The van der Waals surface area contributed by atoms with Crippen molar-refractivity contribution < 1.29 is 9.53 Å². The molecule has 1 amide bonds. The van der Waals surface area contributed by atoms with Crippen LogP contribution in [0.2, 0.25) is 5.02 Å². The number of aromatic nitrogens is 1. The van der Waals surface area contributed by atoms with Crippen LogP contribution >= 0.6 is 11.6 Å². The number of hydrogen-bond donors (Lipinski definition) is 0. The first-order chi connectivity index (χ1) is 9.76. The Morgan fingerprint density at radius 2 is 2.14 bits per heavy atom. The molecule has 0 N–H and O–H groups in total. The molecular formula is C16H21ClN2O2. The predicted octanol–water partition coefficient (Wildman–Crippen LogP) is 4.07. The molecule has 1 aliphatic heterocycles. The second kappa shape index (κ2) is 6.06. The lowest BCUT2D eigenvalue weighted by Gasteiger charge is -2.29. The third-order valence-corrected chi connectivity index (χ3v) is 3.42. The van der Waals surface area contributed by atoms with Crippen LogP contribution in [-0.4, -0.2) is 34.7 Å². The molecule has 0 radical (unpaired) electrons. The maximum absolute atomic E-state index is 12.0. The van der Waals surface area contributed by atoms with Crippen LogP contribution in [0.5, 0.6) is 0 Å². The van der Waals surface area contributed by atoms with Gasteiger partial charge in [0.1, 0.15) is 5.60 Å². The number of carbonyl (C=O) groups excluding carboxylic acids is 1. The number of halogens is 1. The summed E-state index contributed by atoms with van der Waals surface area (Å²) in [6.07, 6.45) is 4.20. The predicted molar refractivity (Wildman–Crippen MR) is 84.4 cm³/mol. The second-order valence-corrected chi connectivity index (χ2v) is 6.66. The van der Waals surface area contributed by atoms with Crippen LogP contribution in [-0.2, 0) is 4.74 Å². The van der Waals surface area contributed by atoms with E-state index in [-0.39, 0.29) is 6.09 Å². The van der Waals surface area contributed by atoms with E-state index in [1.54, 1.807) is 11.1 Å². The average Bonchev–Trinajstić information content (AvgIpc) is 2.37. The molecule has 0 saturated carbocycles. The zero-order valence-corrected chi connectivity index (χ0v) is 13.7. The van der Waals surface area contributed by atoms with E-state index >= 15 is 0 Å². The monoisotopic (exact) mass is 308 g/mol. The van der Waals surface area contributed by atoms with Gasteiger partial charge >= 0.3 is 6.09 Å². The Morgan fingerprint density at radius 1 is 1.43 bits per heavy atom. The second-order valence-electron chi connectivity index (χ2n) is 6.22. The lowest BCUT2D eigenvalue weighted by molar-refractivity contribution is 0.0270. The van der Waals surface area contributed by atoms with E-state index in [9.17, 15) is 4.79 Å². The standard InChI is InChI=1S/C16H21ClN2O2/c1-11-9-13(17)10-18-14(11)12-5-7-19(8-6-12)15(20)21-16(2,3)4/h5,9-10H,6-8H2,1-4H3. The van der Waals surface area contributed by atoms with Crippen LogP contribution in [0, 0.1) is 6.92 Å². The summed E-state index contributed by atoms with van der Waals surface area (Å²) in [5.74, 6) is 0. The zero-order valence-electron chi connectivity index (χ0n) is 12.9. The van der Waals surface area contributed by atoms with Crippen molar-refractivity contribution in [3.05, 3.63) is 34.6 Å². The molecule has 21 heavy (non-hydrogen) atoms. The highest BCUT2D eigenvalue weighted by Gasteiger charge is 2.24. The van der Waals surface area contributed by atoms with Gasteiger partial charge in [0.15, 0.2) is 0 Å². The molecule has 0 aromatic carbocycles. The van der Waals surface area contributed by atoms with E-state index in [0.29, 0.717) is 18.1 Å². The van der Waals surface area contributed by atoms with Crippen LogP contribution in [0.1, 0.15) is 38.4 Å². The van der Waals surface area contributed by atoms with Crippen molar-refractivity contribution in [3.63, 3.8) is 0 Å². The Kier molecular flexibility index (Phi) is 4.57. The van der Waals surface area contributed by atoms with Crippen LogP contribution < -0.4 is 0 Å². The van der Waals surface area contributed by atoms with Gasteiger partial charge in [-0.15, -0.1) is 0 Å². The maximum atomic E-state index is 12.0. The number of carbonyl (C=O) groups is 1. The number of rotatable bonds is 1. The fourth-order valence-corrected chi connectivity index (χ4v) is 2.47. The molecule has 0 aliphatic carbocycles. The van der Waals surface area contributed by atoms with E-state index in [4.69, 9.17) is 16.3 Å². The highest BCUT2D eigenvalue weighted by molar-refractivity contribution is 6.30. The molecule has 114 valence electrons. The van der Waals surface area contributed by atoms with E-state index in [1.807, 2.05) is 39.8 Å². The number of ether oxygens (including phenoxy) is 1. The number of aryl methyl sites for hydroxylation is 1. The van der Waals surface area contributed by atoms with Gasteiger partial charge in [-0.2, -0.15) is 0 Å². The summed E-state index contributed by atoms with van der Waals surface area (Å²) in [4.78, 5) is 18.1. The minimum Gasteiger partial charge on any atom is -0.444 e. The molecule has 0 unspecified atom stereocenters. The Morgan fingerprint density at radius 3 is 2.67 bits per heavy atom. The van der Waals surface area contributed by atoms with Crippen molar-refractivity contribution in [1.29, 1.82) is 0 Å². The first-order valence-corrected chi connectivity index (χ1v) is 7.43. The average molecular weight is 309 g/mol.